The Hall–Kier alpha value is -2.89. The molecule has 0 radical (unpaired) electrons. The van der Waals surface area contributed by atoms with Crippen molar-refractivity contribution < 1.29 is 19.1 Å². The highest BCUT2D eigenvalue weighted by Gasteiger charge is 2.41. The van der Waals surface area contributed by atoms with E-state index < -0.39 is 11.1 Å². The second-order valence-corrected chi connectivity index (χ2v) is 7.44. The Balaban J connectivity index is 1.95. The number of esters is 1. The summed E-state index contributed by atoms with van der Waals surface area (Å²) in [6.45, 7) is 9.31. The average Bonchev–Trinajstić information content (AvgIpc) is 2.61. The van der Waals surface area contributed by atoms with Gasteiger partial charge in [0.2, 0.25) is 0 Å². The quantitative estimate of drug-likeness (QED) is 0.770. The third kappa shape index (κ3) is 3.27. The van der Waals surface area contributed by atoms with Crippen LogP contribution in [0.4, 0.5) is 5.82 Å². The minimum absolute atomic E-state index is 0.174. The molecule has 6 heteroatoms. The molecule has 0 spiro atoms. The number of fused-ring (bicyclic) bond motifs is 1. The van der Waals surface area contributed by atoms with E-state index in [9.17, 15) is 9.59 Å². The van der Waals surface area contributed by atoms with Crippen LogP contribution < -0.4 is 9.64 Å². The first-order chi connectivity index (χ1) is 12.7. The van der Waals surface area contributed by atoms with Crippen LogP contribution in [0.5, 0.6) is 5.75 Å². The molecule has 6 nitrogen and oxygen atoms in total. The Morgan fingerprint density at radius 2 is 1.93 bits per heavy atom. The van der Waals surface area contributed by atoms with Crippen LogP contribution in [-0.2, 0) is 14.9 Å². The molecule has 1 aromatic heterocycles. The van der Waals surface area contributed by atoms with E-state index in [-0.39, 0.29) is 11.9 Å². The molecule has 0 atom stereocenters. The van der Waals surface area contributed by atoms with Gasteiger partial charge in [0.05, 0.1) is 17.6 Å². The Bertz CT molecular complexity index is 872. The third-order valence-electron chi connectivity index (χ3n) is 4.70. The maximum absolute atomic E-state index is 13.0. The standard InChI is InChI=1S/C21H24N2O4/c1-6-26-19(25)20(2,3)14-11-12-17(22-13-14)23-18(24)15-9-7-8-10-16(15)27-21(23,4)5/h7-13H,6H2,1-5H3. The molecule has 0 bridgehead atoms. The fourth-order valence-electron chi connectivity index (χ4n) is 3.11. The summed E-state index contributed by atoms with van der Waals surface area (Å²) in [5, 5.41) is 0. The van der Waals surface area contributed by atoms with E-state index in [1.54, 1.807) is 57.3 Å². The Kier molecular flexibility index (Phi) is 4.68. The zero-order valence-electron chi connectivity index (χ0n) is 16.3. The zero-order chi connectivity index (χ0) is 19.8. The van der Waals surface area contributed by atoms with Gasteiger partial charge >= 0.3 is 5.97 Å². The summed E-state index contributed by atoms with van der Waals surface area (Å²) >= 11 is 0. The highest BCUT2D eigenvalue weighted by atomic mass is 16.5. The summed E-state index contributed by atoms with van der Waals surface area (Å²) in [7, 11) is 0. The molecule has 0 saturated carbocycles. The van der Waals surface area contributed by atoms with Gasteiger partial charge in [-0.2, -0.15) is 0 Å². The Morgan fingerprint density at radius 1 is 1.22 bits per heavy atom. The van der Waals surface area contributed by atoms with Crippen molar-refractivity contribution in [2.24, 2.45) is 0 Å². The number of hydrogen-bond donors (Lipinski definition) is 0. The first-order valence-corrected chi connectivity index (χ1v) is 8.95. The smallest absolute Gasteiger partial charge is 0.316 e. The van der Waals surface area contributed by atoms with Crippen molar-refractivity contribution in [1.82, 2.24) is 4.98 Å². The SMILES string of the molecule is CCOC(=O)C(C)(C)c1ccc(N2C(=O)c3ccccc3OC2(C)C)nc1. The van der Waals surface area contributed by atoms with E-state index in [1.807, 2.05) is 19.9 Å². The lowest BCUT2D eigenvalue weighted by Gasteiger charge is -2.42. The van der Waals surface area contributed by atoms with E-state index in [0.717, 1.165) is 0 Å². The summed E-state index contributed by atoms with van der Waals surface area (Å²) in [4.78, 5) is 31.2. The summed E-state index contributed by atoms with van der Waals surface area (Å²) in [6.07, 6.45) is 1.61. The molecule has 0 fully saturated rings. The van der Waals surface area contributed by atoms with Crippen molar-refractivity contribution >= 4 is 17.7 Å². The number of ether oxygens (including phenoxy) is 2. The van der Waals surface area contributed by atoms with Crippen molar-refractivity contribution in [3.05, 3.63) is 53.7 Å². The van der Waals surface area contributed by atoms with Gasteiger partial charge in [-0.25, -0.2) is 4.98 Å². The van der Waals surface area contributed by atoms with Crippen LogP contribution in [-0.4, -0.2) is 29.2 Å². The van der Waals surface area contributed by atoms with E-state index in [0.29, 0.717) is 29.3 Å². The molecule has 3 rings (SSSR count). The fourth-order valence-corrected chi connectivity index (χ4v) is 3.11. The number of hydrogen-bond acceptors (Lipinski definition) is 5. The largest absolute Gasteiger partial charge is 0.467 e. The molecular weight excluding hydrogens is 344 g/mol. The van der Waals surface area contributed by atoms with Crippen molar-refractivity contribution in [3.8, 4) is 5.75 Å². The Labute approximate surface area is 159 Å². The minimum atomic E-state index is -0.892. The molecule has 1 aliphatic heterocycles. The van der Waals surface area contributed by atoms with Gasteiger partial charge in [-0.15, -0.1) is 0 Å². The highest BCUT2D eigenvalue weighted by molar-refractivity contribution is 6.09. The molecule has 0 saturated heterocycles. The average molecular weight is 368 g/mol. The van der Waals surface area contributed by atoms with Crippen LogP contribution in [0.15, 0.2) is 42.6 Å². The maximum Gasteiger partial charge on any atom is 0.316 e. The van der Waals surface area contributed by atoms with E-state index in [2.05, 4.69) is 4.98 Å². The van der Waals surface area contributed by atoms with Crippen molar-refractivity contribution in [3.63, 3.8) is 0 Å². The van der Waals surface area contributed by atoms with Crippen molar-refractivity contribution in [2.75, 3.05) is 11.5 Å². The molecule has 27 heavy (non-hydrogen) atoms. The molecule has 1 aliphatic rings. The van der Waals surface area contributed by atoms with E-state index >= 15 is 0 Å². The number of aromatic nitrogens is 1. The number of carbonyl (C=O) groups excluding carboxylic acids is 2. The number of rotatable bonds is 4. The van der Waals surface area contributed by atoms with E-state index in [4.69, 9.17) is 9.47 Å². The summed E-state index contributed by atoms with van der Waals surface area (Å²) in [6, 6.07) is 10.7. The lowest BCUT2D eigenvalue weighted by Crippen LogP contribution is -2.55. The van der Waals surface area contributed by atoms with Crippen LogP contribution in [0.2, 0.25) is 0 Å². The molecule has 0 unspecified atom stereocenters. The second kappa shape index (κ2) is 6.68. The van der Waals surface area contributed by atoms with Gasteiger partial charge in [-0.3, -0.25) is 14.5 Å². The molecule has 1 aromatic carbocycles. The van der Waals surface area contributed by atoms with Crippen LogP contribution in [0, 0.1) is 0 Å². The Morgan fingerprint density at radius 3 is 2.56 bits per heavy atom. The lowest BCUT2D eigenvalue weighted by atomic mass is 9.86. The van der Waals surface area contributed by atoms with Crippen molar-refractivity contribution in [1.29, 1.82) is 0 Å². The number of amides is 1. The molecule has 0 aliphatic carbocycles. The van der Waals surface area contributed by atoms with Gasteiger partial charge in [0.15, 0.2) is 5.72 Å². The molecular formula is C21H24N2O4. The summed E-state index contributed by atoms with van der Waals surface area (Å²) in [5.74, 6) is 0.532. The highest BCUT2D eigenvalue weighted by Crippen LogP contribution is 2.36. The zero-order valence-corrected chi connectivity index (χ0v) is 16.3. The predicted molar refractivity (Wildman–Crippen MR) is 102 cm³/mol. The number of benzene rings is 1. The first-order valence-electron chi connectivity index (χ1n) is 8.95. The normalized spacial score (nSPS) is 15.7. The van der Waals surface area contributed by atoms with Crippen LogP contribution in [0.3, 0.4) is 0 Å². The number of anilines is 1. The van der Waals surface area contributed by atoms with Crippen LogP contribution in [0.1, 0.15) is 50.5 Å². The summed E-state index contributed by atoms with van der Waals surface area (Å²) in [5.41, 5.74) is -0.509. The summed E-state index contributed by atoms with van der Waals surface area (Å²) < 4.78 is 11.2. The fraction of sp³-hybridized carbons (Fsp3) is 0.381. The van der Waals surface area contributed by atoms with Gasteiger partial charge in [0.25, 0.3) is 5.91 Å². The molecule has 2 aromatic rings. The molecule has 142 valence electrons. The lowest BCUT2D eigenvalue weighted by molar-refractivity contribution is -0.148. The number of nitrogens with zero attached hydrogens (tertiary/aromatic N) is 2. The number of pyridine rings is 1. The van der Waals surface area contributed by atoms with Gasteiger partial charge in [0, 0.05) is 6.20 Å². The first kappa shape index (κ1) is 18.9. The van der Waals surface area contributed by atoms with Gasteiger partial charge in [-0.1, -0.05) is 18.2 Å². The minimum Gasteiger partial charge on any atom is -0.467 e. The molecule has 2 heterocycles. The predicted octanol–water partition coefficient (Wildman–Crippen LogP) is 3.70. The number of carbonyl (C=O) groups is 2. The molecule has 0 N–H and O–H groups in total. The molecule has 1 amide bonds. The third-order valence-corrected chi connectivity index (χ3v) is 4.70. The van der Waals surface area contributed by atoms with Crippen molar-refractivity contribution in [2.45, 2.75) is 45.8 Å². The van der Waals surface area contributed by atoms with Crippen LogP contribution in [0.25, 0.3) is 0 Å². The monoisotopic (exact) mass is 368 g/mol. The maximum atomic E-state index is 13.0. The van der Waals surface area contributed by atoms with Gasteiger partial charge in [-0.05, 0) is 58.4 Å². The topological polar surface area (TPSA) is 68.7 Å². The van der Waals surface area contributed by atoms with Gasteiger partial charge < -0.3 is 9.47 Å². The van der Waals surface area contributed by atoms with E-state index in [1.165, 1.54) is 4.90 Å². The number of para-hydroxylation sites is 1. The second-order valence-electron chi connectivity index (χ2n) is 7.44. The van der Waals surface area contributed by atoms with Gasteiger partial charge in [0.1, 0.15) is 11.6 Å². The van der Waals surface area contributed by atoms with Crippen LogP contribution >= 0.6 is 0 Å².